The van der Waals surface area contributed by atoms with Gasteiger partial charge >= 0.3 is 5.97 Å². The molecular weight excluding hydrogens is 304 g/mol. The van der Waals surface area contributed by atoms with Gasteiger partial charge in [0.15, 0.2) is 0 Å². The fourth-order valence-electron chi connectivity index (χ4n) is 2.84. The molecule has 1 fully saturated rings. The Morgan fingerprint density at radius 3 is 2.82 bits per heavy atom. The summed E-state index contributed by atoms with van der Waals surface area (Å²) >= 11 is 0. The zero-order chi connectivity index (χ0) is 15.4. The van der Waals surface area contributed by atoms with E-state index in [0.717, 1.165) is 31.0 Å². The molecule has 0 radical (unpaired) electrons. The van der Waals surface area contributed by atoms with Gasteiger partial charge in [-0.1, -0.05) is 0 Å². The van der Waals surface area contributed by atoms with Crippen molar-refractivity contribution in [3.8, 4) is 0 Å². The van der Waals surface area contributed by atoms with Crippen molar-refractivity contribution in [2.75, 3.05) is 26.7 Å². The smallest absolute Gasteiger partial charge is 0.327 e. The van der Waals surface area contributed by atoms with Crippen molar-refractivity contribution < 1.29 is 9.53 Å². The van der Waals surface area contributed by atoms with Crippen molar-refractivity contribution >= 4 is 18.4 Å². The van der Waals surface area contributed by atoms with E-state index < -0.39 is 0 Å². The number of likely N-dealkylation sites (N-methyl/N-ethyl adjacent to an activating group) is 1. The van der Waals surface area contributed by atoms with Crippen LogP contribution in [0.5, 0.6) is 0 Å². The van der Waals surface area contributed by atoms with E-state index >= 15 is 0 Å². The Hall–Kier alpha value is -1.11. The lowest BCUT2D eigenvalue weighted by Gasteiger charge is -2.23. The maximum atomic E-state index is 11.6. The predicted octanol–water partition coefficient (Wildman–Crippen LogP) is 1.28. The molecule has 0 spiro atoms. The zero-order valence-corrected chi connectivity index (χ0v) is 14.7. The predicted molar refractivity (Wildman–Crippen MR) is 88.3 cm³/mol. The van der Waals surface area contributed by atoms with E-state index in [4.69, 9.17) is 4.74 Å². The average Bonchev–Trinajstić information content (AvgIpc) is 3.04. The van der Waals surface area contributed by atoms with E-state index in [2.05, 4.69) is 22.4 Å². The van der Waals surface area contributed by atoms with Crippen molar-refractivity contribution in [1.29, 1.82) is 0 Å². The minimum atomic E-state index is -0.233. The molecule has 7 heteroatoms. The van der Waals surface area contributed by atoms with Crippen LogP contribution in [0.2, 0.25) is 0 Å². The van der Waals surface area contributed by atoms with Gasteiger partial charge in [-0.2, -0.15) is 5.10 Å². The minimum Gasteiger partial charge on any atom is -0.465 e. The zero-order valence-electron chi connectivity index (χ0n) is 13.9. The van der Waals surface area contributed by atoms with E-state index in [9.17, 15) is 4.79 Å². The molecule has 0 aromatic carbocycles. The first-order valence-corrected chi connectivity index (χ1v) is 7.62. The molecule has 22 heavy (non-hydrogen) atoms. The number of carbonyl (C=O) groups excluding carboxylic acids is 1. The molecule has 0 bridgehead atoms. The summed E-state index contributed by atoms with van der Waals surface area (Å²) in [5, 5.41) is 7.88. The molecule has 1 N–H and O–H groups in total. The Kier molecular flexibility index (Phi) is 7.32. The highest BCUT2D eigenvalue weighted by atomic mass is 35.5. The fourth-order valence-corrected chi connectivity index (χ4v) is 2.84. The molecule has 1 aromatic rings. The minimum absolute atomic E-state index is 0. The van der Waals surface area contributed by atoms with Crippen LogP contribution in [0.25, 0.3) is 0 Å². The summed E-state index contributed by atoms with van der Waals surface area (Å²) in [6.45, 7) is 9.44. The summed E-state index contributed by atoms with van der Waals surface area (Å²) in [5.41, 5.74) is 3.27. The molecule has 6 nitrogen and oxygen atoms in total. The Morgan fingerprint density at radius 2 is 2.23 bits per heavy atom. The van der Waals surface area contributed by atoms with Gasteiger partial charge in [0.2, 0.25) is 0 Å². The van der Waals surface area contributed by atoms with Crippen LogP contribution < -0.4 is 5.32 Å². The van der Waals surface area contributed by atoms with Crippen molar-refractivity contribution in [3.05, 3.63) is 17.0 Å². The number of halogens is 1. The Balaban J connectivity index is 0.00000242. The first-order chi connectivity index (χ1) is 10.0. The normalized spacial score (nSPS) is 17.6. The molecule has 1 saturated heterocycles. The summed E-state index contributed by atoms with van der Waals surface area (Å²) in [6.07, 6.45) is 1.19. The molecule has 2 rings (SSSR count). The second-order valence-electron chi connectivity index (χ2n) is 5.67. The van der Waals surface area contributed by atoms with Crippen molar-refractivity contribution in [3.63, 3.8) is 0 Å². The van der Waals surface area contributed by atoms with Gasteiger partial charge in [0.05, 0.1) is 12.3 Å². The monoisotopic (exact) mass is 330 g/mol. The number of carbonyl (C=O) groups is 1. The van der Waals surface area contributed by atoms with Crippen LogP contribution >= 0.6 is 12.4 Å². The van der Waals surface area contributed by atoms with Crippen LogP contribution in [0, 0.1) is 13.8 Å². The molecule has 1 aromatic heterocycles. The van der Waals surface area contributed by atoms with Crippen LogP contribution in [0.1, 0.15) is 30.3 Å². The van der Waals surface area contributed by atoms with E-state index in [0.29, 0.717) is 12.6 Å². The summed E-state index contributed by atoms with van der Waals surface area (Å²) in [5.74, 6) is -0.233. The Morgan fingerprint density at radius 1 is 1.50 bits per heavy atom. The van der Waals surface area contributed by atoms with E-state index in [1.54, 1.807) is 4.68 Å². The summed E-state index contributed by atoms with van der Waals surface area (Å²) in [7, 11) is 2.15. The SMILES string of the molecule is CCOC(=O)Cn1nc(C)c(CN(C)C2CCNC2)c1C.Cl. The number of aryl methyl sites for hydroxylation is 1. The third-order valence-corrected chi connectivity index (χ3v) is 4.18. The number of esters is 1. The molecule has 1 aliphatic rings. The van der Waals surface area contributed by atoms with Crippen molar-refractivity contribution in [2.24, 2.45) is 0 Å². The molecule has 0 saturated carbocycles. The lowest BCUT2D eigenvalue weighted by Crippen LogP contribution is -2.33. The highest BCUT2D eigenvalue weighted by molar-refractivity contribution is 5.85. The highest BCUT2D eigenvalue weighted by Gasteiger charge is 2.22. The van der Waals surface area contributed by atoms with Crippen LogP contribution in [-0.4, -0.2) is 53.4 Å². The standard InChI is InChI=1S/C15H26N4O2.ClH/c1-5-21-15(20)10-19-12(3)14(11(2)17-19)9-18(4)13-6-7-16-8-13;/h13,16H,5-10H2,1-4H3;1H. The number of aromatic nitrogens is 2. The maximum Gasteiger partial charge on any atom is 0.327 e. The lowest BCUT2D eigenvalue weighted by molar-refractivity contribution is -0.144. The van der Waals surface area contributed by atoms with Crippen molar-refractivity contribution in [2.45, 2.75) is 46.3 Å². The number of hydrogen-bond acceptors (Lipinski definition) is 5. The van der Waals surface area contributed by atoms with Crippen molar-refractivity contribution in [1.82, 2.24) is 20.0 Å². The molecule has 2 heterocycles. The van der Waals surface area contributed by atoms with Crippen LogP contribution in [0.4, 0.5) is 0 Å². The van der Waals surface area contributed by atoms with Crippen LogP contribution in [-0.2, 0) is 22.6 Å². The topological polar surface area (TPSA) is 59.4 Å². The van der Waals surface area contributed by atoms with Crippen LogP contribution in [0.15, 0.2) is 0 Å². The fraction of sp³-hybridized carbons (Fsp3) is 0.733. The van der Waals surface area contributed by atoms with Gasteiger partial charge in [-0.15, -0.1) is 12.4 Å². The number of hydrogen-bond donors (Lipinski definition) is 1. The second-order valence-corrected chi connectivity index (χ2v) is 5.67. The Bertz CT molecular complexity index is 498. The lowest BCUT2D eigenvalue weighted by atomic mass is 10.1. The van der Waals surface area contributed by atoms with E-state index in [1.165, 1.54) is 12.0 Å². The van der Waals surface area contributed by atoms with Gasteiger partial charge in [0.25, 0.3) is 0 Å². The van der Waals surface area contributed by atoms with Gasteiger partial charge < -0.3 is 10.1 Å². The summed E-state index contributed by atoms with van der Waals surface area (Å²) in [6, 6.07) is 0.581. The number of nitrogens with one attached hydrogen (secondary N) is 1. The largest absolute Gasteiger partial charge is 0.465 e. The third-order valence-electron chi connectivity index (χ3n) is 4.18. The van der Waals surface area contributed by atoms with Gasteiger partial charge in [-0.25, -0.2) is 0 Å². The summed E-state index contributed by atoms with van der Waals surface area (Å²) in [4.78, 5) is 14.0. The average molecular weight is 331 g/mol. The van der Waals surface area contributed by atoms with Gasteiger partial charge in [0, 0.05) is 30.4 Å². The summed E-state index contributed by atoms with van der Waals surface area (Å²) < 4.78 is 6.75. The van der Waals surface area contributed by atoms with E-state index in [-0.39, 0.29) is 24.9 Å². The third kappa shape index (κ3) is 4.44. The molecular formula is C15H27ClN4O2. The molecule has 1 unspecified atom stereocenters. The van der Waals surface area contributed by atoms with Gasteiger partial charge in [0.1, 0.15) is 6.54 Å². The molecule has 126 valence electrons. The quantitative estimate of drug-likeness (QED) is 0.796. The number of nitrogens with zero attached hydrogens (tertiary/aromatic N) is 3. The molecule has 0 aliphatic carbocycles. The van der Waals surface area contributed by atoms with Gasteiger partial charge in [-0.05, 0) is 40.8 Å². The second kappa shape index (κ2) is 8.50. The van der Waals surface area contributed by atoms with Crippen LogP contribution in [0.3, 0.4) is 0 Å². The van der Waals surface area contributed by atoms with E-state index in [1.807, 2.05) is 20.8 Å². The number of rotatable bonds is 6. The highest BCUT2D eigenvalue weighted by Crippen LogP contribution is 2.18. The molecule has 0 amide bonds. The first-order valence-electron chi connectivity index (χ1n) is 7.62. The maximum absolute atomic E-state index is 11.6. The molecule has 1 aliphatic heterocycles. The Labute approximate surface area is 138 Å². The van der Waals surface area contributed by atoms with Gasteiger partial charge in [-0.3, -0.25) is 14.4 Å². The molecule has 1 atom stereocenters. The first kappa shape index (κ1) is 18.9. The number of ether oxygens (including phenoxy) is 1.